The Morgan fingerprint density at radius 2 is 1.67 bits per heavy atom. The molecule has 6 heteroatoms. The Bertz CT molecular complexity index is 867. The summed E-state index contributed by atoms with van der Waals surface area (Å²) in [6, 6.07) is 12.2. The van der Waals surface area contributed by atoms with Crippen LogP contribution < -0.4 is 5.32 Å². The second-order valence-corrected chi connectivity index (χ2v) is 8.54. The molecule has 0 unspecified atom stereocenters. The Labute approximate surface area is 176 Å². The van der Waals surface area contributed by atoms with Crippen molar-refractivity contribution in [2.24, 2.45) is 11.8 Å². The number of carbonyl (C=O) groups is 2. The number of aliphatic carboxylic acids is 1. The molecular weight excluding hydrogens is 380 g/mol. The number of aromatic nitrogens is 1. The summed E-state index contributed by atoms with van der Waals surface area (Å²) in [7, 11) is 0. The summed E-state index contributed by atoms with van der Waals surface area (Å²) in [4.78, 5) is 27.1. The van der Waals surface area contributed by atoms with Crippen LogP contribution in [0.1, 0.15) is 56.4 Å². The molecule has 0 radical (unpaired) electrons. The molecule has 1 heterocycles. The van der Waals surface area contributed by atoms with Crippen LogP contribution in [0.25, 0.3) is 11.3 Å². The predicted molar refractivity (Wildman–Crippen MR) is 114 cm³/mol. The van der Waals surface area contributed by atoms with Crippen LogP contribution in [0.2, 0.25) is 0 Å². The van der Waals surface area contributed by atoms with Crippen LogP contribution >= 0.6 is 0 Å². The minimum absolute atomic E-state index is 0.292. The highest BCUT2D eigenvalue weighted by molar-refractivity contribution is 5.84. The Morgan fingerprint density at radius 1 is 0.967 bits per heavy atom. The van der Waals surface area contributed by atoms with Crippen molar-refractivity contribution in [2.75, 3.05) is 11.9 Å². The number of carboxylic acid groups (broad SMARTS) is 1. The molecule has 2 N–H and O–H groups in total. The van der Waals surface area contributed by atoms with Gasteiger partial charge in [-0.05, 0) is 74.0 Å². The number of carboxylic acids is 1. The number of pyridine rings is 1. The fraction of sp³-hybridized carbons (Fsp3) is 0.458. The highest BCUT2D eigenvalue weighted by Gasteiger charge is 2.24. The van der Waals surface area contributed by atoms with Gasteiger partial charge < -0.3 is 9.84 Å². The van der Waals surface area contributed by atoms with Gasteiger partial charge in [-0.15, -0.1) is 0 Å². The van der Waals surface area contributed by atoms with Gasteiger partial charge in [0, 0.05) is 12.0 Å². The molecular formula is C24H28N2O4. The first-order chi connectivity index (χ1) is 14.6. The average Bonchev–Trinajstić information content (AvgIpc) is 3.58. The molecule has 2 saturated carbocycles. The molecule has 0 saturated heterocycles. The maximum Gasteiger partial charge on any atom is 0.411 e. The number of anilines is 1. The molecule has 158 valence electrons. The summed E-state index contributed by atoms with van der Waals surface area (Å²) in [5.74, 6) is 0.677. The minimum atomic E-state index is -0.688. The molecule has 2 aromatic rings. The number of rotatable bonds is 7. The fourth-order valence-electron chi connectivity index (χ4n) is 4.14. The molecule has 2 fully saturated rings. The first-order valence-electron chi connectivity index (χ1n) is 10.8. The Kier molecular flexibility index (Phi) is 6.31. The molecule has 2 aliphatic rings. The maximum atomic E-state index is 11.8. The van der Waals surface area contributed by atoms with Crippen molar-refractivity contribution in [1.82, 2.24) is 4.98 Å². The van der Waals surface area contributed by atoms with Gasteiger partial charge in [-0.3, -0.25) is 15.1 Å². The number of ether oxygens (including phenoxy) is 1. The van der Waals surface area contributed by atoms with Gasteiger partial charge in [0.05, 0.1) is 24.2 Å². The van der Waals surface area contributed by atoms with Crippen LogP contribution in [-0.4, -0.2) is 28.8 Å². The number of nitrogens with one attached hydrogen (secondary N) is 1. The quantitative estimate of drug-likeness (QED) is 0.635. The Balaban J connectivity index is 1.30. The second-order valence-electron chi connectivity index (χ2n) is 8.54. The number of amides is 1. The van der Waals surface area contributed by atoms with E-state index in [1.807, 2.05) is 12.1 Å². The van der Waals surface area contributed by atoms with E-state index in [2.05, 4.69) is 34.6 Å². The van der Waals surface area contributed by atoms with Gasteiger partial charge in [0.2, 0.25) is 0 Å². The lowest BCUT2D eigenvalue weighted by molar-refractivity contribution is -0.138. The largest absolute Gasteiger partial charge is 0.481 e. The van der Waals surface area contributed by atoms with E-state index >= 15 is 0 Å². The summed E-state index contributed by atoms with van der Waals surface area (Å²) in [5.41, 5.74) is 3.81. The number of benzene rings is 1. The van der Waals surface area contributed by atoms with Gasteiger partial charge in [0.15, 0.2) is 0 Å². The van der Waals surface area contributed by atoms with Crippen molar-refractivity contribution in [1.29, 1.82) is 0 Å². The minimum Gasteiger partial charge on any atom is -0.481 e. The molecule has 2 aliphatic carbocycles. The monoisotopic (exact) mass is 408 g/mol. The van der Waals surface area contributed by atoms with Crippen LogP contribution in [0.5, 0.6) is 0 Å². The molecule has 0 bridgehead atoms. The lowest BCUT2D eigenvalue weighted by atomic mass is 9.77. The van der Waals surface area contributed by atoms with Crippen molar-refractivity contribution in [3.05, 3.63) is 48.2 Å². The summed E-state index contributed by atoms with van der Waals surface area (Å²) < 4.78 is 5.17. The van der Waals surface area contributed by atoms with Crippen LogP contribution in [-0.2, 0) is 9.53 Å². The van der Waals surface area contributed by atoms with E-state index in [9.17, 15) is 9.59 Å². The highest BCUT2D eigenvalue weighted by Crippen LogP contribution is 2.37. The first kappa shape index (κ1) is 20.4. The van der Waals surface area contributed by atoms with Crippen molar-refractivity contribution < 1.29 is 19.4 Å². The summed E-state index contributed by atoms with van der Waals surface area (Å²) in [5, 5.41) is 11.7. The van der Waals surface area contributed by atoms with E-state index in [1.165, 1.54) is 5.56 Å². The first-order valence-corrected chi connectivity index (χ1v) is 10.8. The van der Waals surface area contributed by atoms with E-state index in [4.69, 9.17) is 9.84 Å². The molecule has 1 amide bonds. The van der Waals surface area contributed by atoms with Crippen molar-refractivity contribution >= 4 is 17.7 Å². The summed E-state index contributed by atoms with van der Waals surface area (Å²) >= 11 is 0. The molecule has 1 aromatic heterocycles. The average molecular weight is 408 g/mol. The lowest BCUT2D eigenvalue weighted by Gasteiger charge is -2.28. The van der Waals surface area contributed by atoms with Crippen molar-refractivity contribution in [3.63, 3.8) is 0 Å². The normalized spacial score (nSPS) is 21.1. The molecule has 1 aromatic carbocycles. The van der Waals surface area contributed by atoms with Gasteiger partial charge in [-0.1, -0.05) is 24.3 Å². The zero-order valence-corrected chi connectivity index (χ0v) is 17.0. The molecule has 0 spiro atoms. The van der Waals surface area contributed by atoms with Gasteiger partial charge in [0.1, 0.15) is 0 Å². The van der Waals surface area contributed by atoms with Crippen LogP contribution in [0.4, 0.5) is 10.5 Å². The van der Waals surface area contributed by atoms with Crippen molar-refractivity contribution in [3.8, 4) is 11.3 Å². The topological polar surface area (TPSA) is 88.5 Å². The van der Waals surface area contributed by atoms with Gasteiger partial charge in [-0.2, -0.15) is 0 Å². The van der Waals surface area contributed by atoms with E-state index in [1.54, 1.807) is 6.20 Å². The Morgan fingerprint density at radius 3 is 2.27 bits per heavy atom. The van der Waals surface area contributed by atoms with Crippen LogP contribution in [0.3, 0.4) is 0 Å². The number of nitrogens with zero attached hydrogens (tertiary/aromatic N) is 1. The van der Waals surface area contributed by atoms with Gasteiger partial charge in [-0.25, -0.2) is 4.79 Å². The zero-order chi connectivity index (χ0) is 20.9. The molecule has 30 heavy (non-hydrogen) atoms. The molecule has 0 aliphatic heterocycles. The van der Waals surface area contributed by atoms with Gasteiger partial charge in [0.25, 0.3) is 0 Å². The number of hydrogen-bond acceptors (Lipinski definition) is 4. The zero-order valence-electron chi connectivity index (χ0n) is 17.0. The number of hydrogen-bond donors (Lipinski definition) is 2. The Hall–Kier alpha value is -2.89. The number of carbonyl (C=O) groups excluding carboxylic acids is 1. The van der Waals surface area contributed by atoms with Crippen molar-refractivity contribution in [2.45, 2.75) is 50.9 Å². The summed E-state index contributed by atoms with van der Waals surface area (Å²) in [6.45, 7) is 0.491. The third kappa shape index (κ3) is 5.59. The van der Waals surface area contributed by atoms with E-state index in [0.29, 0.717) is 36.5 Å². The molecule has 6 nitrogen and oxygen atoms in total. The van der Waals surface area contributed by atoms with Gasteiger partial charge >= 0.3 is 12.1 Å². The standard InChI is InChI=1S/C24H28N2O4/c27-23(28)13-16-3-5-18(6-4-16)19-7-9-20(10-8-19)22-12-11-21(14-25-22)26-24(29)30-15-17-1-2-17/h7-12,14,16-18H,1-6,13,15H2,(H,26,29)(H,27,28). The maximum absolute atomic E-state index is 11.8. The SMILES string of the molecule is O=C(O)CC1CCC(c2ccc(-c3ccc(NC(=O)OCC4CC4)cn3)cc2)CC1. The fourth-order valence-corrected chi connectivity index (χ4v) is 4.14. The summed E-state index contributed by atoms with van der Waals surface area (Å²) in [6.07, 6.45) is 7.86. The lowest BCUT2D eigenvalue weighted by Crippen LogP contribution is -2.16. The highest BCUT2D eigenvalue weighted by atomic mass is 16.5. The smallest absolute Gasteiger partial charge is 0.411 e. The van der Waals surface area contributed by atoms with Crippen LogP contribution in [0.15, 0.2) is 42.6 Å². The van der Waals surface area contributed by atoms with E-state index in [-0.39, 0.29) is 0 Å². The molecule has 4 rings (SSSR count). The molecule has 0 atom stereocenters. The van der Waals surface area contributed by atoms with Crippen LogP contribution in [0, 0.1) is 11.8 Å². The predicted octanol–water partition coefficient (Wildman–Crippen LogP) is 5.46. The van der Waals surface area contributed by atoms with E-state index < -0.39 is 12.1 Å². The van der Waals surface area contributed by atoms with E-state index in [0.717, 1.165) is 49.8 Å². The second kappa shape index (κ2) is 9.28. The third-order valence-corrected chi connectivity index (χ3v) is 6.14. The third-order valence-electron chi connectivity index (χ3n) is 6.14.